The predicted molar refractivity (Wildman–Crippen MR) is 82.5 cm³/mol. The van der Waals surface area contributed by atoms with E-state index < -0.39 is 11.3 Å². The highest BCUT2D eigenvalue weighted by Gasteiger charge is 2.15. The molecule has 1 unspecified atom stereocenters. The van der Waals surface area contributed by atoms with Crippen LogP contribution in [0.2, 0.25) is 0 Å². The number of phenolic OH excluding ortho intramolecular Hbond substituents is 2. The number of hydrogen-bond donors (Lipinski definition) is 3. The van der Waals surface area contributed by atoms with E-state index in [1.54, 1.807) is 36.4 Å². The van der Waals surface area contributed by atoms with E-state index in [4.69, 9.17) is 26.9 Å². The molecule has 0 aliphatic heterocycles. The molecule has 2 aromatic carbocycles. The van der Waals surface area contributed by atoms with Gasteiger partial charge in [-0.2, -0.15) is 0 Å². The third-order valence-corrected chi connectivity index (χ3v) is 2.95. The van der Waals surface area contributed by atoms with Gasteiger partial charge in [-0.1, -0.05) is 43.0 Å². The quantitative estimate of drug-likeness (QED) is 0.754. The molecule has 0 bridgehead atoms. The smallest absolute Gasteiger partial charge is 0.326 e. The van der Waals surface area contributed by atoms with Gasteiger partial charge in [-0.05, 0) is 23.3 Å². The highest BCUT2D eigenvalue weighted by Crippen LogP contribution is 2.20. The van der Waals surface area contributed by atoms with Crippen molar-refractivity contribution in [1.82, 2.24) is 0 Å². The van der Waals surface area contributed by atoms with Crippen LogP contribution in [0.5, 0.6) is 11.5 Å². The molecule has 0 saturated carbocycles. The van der Waals surface area contributed by atoms with Gasteiger partial charge in [-0.3, -0.25) is 4.79 Å². The van der Waals surface area contributed by atoms with E-state index in [-0.39, 0.29) is 11.5 Å². The van der Waals surface area contributed by atoms with Crippen molar-refractivity contribution in [3.63, 3.8) is 0 Å². The van der Waals surface area contributed by atoms with Gasteiger partial charge in [0, 0.05) is 6.07 Å². The first-order valence-electron chi connectivity index (χ1n) is 6.01. The first-order chi connectivity index (χ1) is 9.93. The number of aromatic hydroxyl groups is 2. The van der Waals surface area contributed by atoms with Gasteiger partial charge in [0.15, 0.2) is 5.38 Å². The number of benzene rings is 2. The third-order valence-electron chi connectivity index (χ3n) is 2.51. The minimum atomic E-state index is -1.03. The molecule has 0 radical (unpaired) electrons. The summed E-state index contributed by atoms with van der Waals surface area (Å²) in [6.07, 6.45) is 1.69. The van der Waals surface area contributed by atoms with Gasteiger partial charge < -0.3 is 15.3 Å². The summed E-state index contributed by atoms with van der Waals surface area (Å²) < 4.78 is 0. The van der Waals surface area contributed by atoms with Crippen molar-refractivity contribution in [2.24, 2.45) is 0 Å². The van der Waals surface area contributed by atoms with Crippen LogP contribution >= 0.6 is 11.6 Å². The summed E-state index contributed by atoms with van der Waals surface area (Å²) >= 11 is 5.61. The zero-order valence-electron chi connectivity index (χ0n) is 11.1. The van der Waals surface area contributed by atoms with Crippen LogP contribution in [-0.4, -0.2) is 21.3 Å². The number of phenols is 2. The Morgan fingerprint density at radius 3 is 1.95 bits per heavy atom. The standard InChI is InChI=1S/C10H9ClO2.C6H6O2/c1-2-7-3-5-8(6-4-7)9(11)10(12)13;7-5-2-1-3-6(8)4-5/h2-6,9H,1H2,(H,12,13);1-4,7-8H. The second-order valence-electron chi connectivity index (χ2n) is 4.09. The van der Waals surface area contributed by atoms with Crippen molar-refractivity contribution in [2.75, 3.05) is 0 Å². The molecule has 0 saturated heterocycles. The number of alkyl halides is 1. The average Bonchev–Trinajstić information content (AvgIpc) is 2.47. The van der Waals surface area contributed by atoms with Gasteiger partial charge >= 0.3 is 5.97 Å². The number of aliphatic carboxylic acids is 1. The molecule has 0 aromatic heterocycles. The molecule has 3 N–H and O–H groups in total. The van der Waals surface area contributed by atoms with E-state index >= 15 is 0 Å². The average molecular weight is 307 g/mol. The number of rotatable bonds is 3. The van der Waals surface area contributed by atoms with Gasteiger partial charge in [0.05, 0.1) is 0 Å². The molecular weight excluding hydrogens is 292 g/mol. The summed E-state index contributed by atoms with van der Waals surface area (Å²) in [5.74, 6) is -0.858. The van der Waals surface area contributed by atoms with Crippen LogP contribution in [0.4, 0.5) is 0 Å². The molecule has 1 atom stereocenters. The number of carbonyl (C=O) groups is 1. The molecule has 5 heteroatoms. The summed E-state index contributed by atoms with van der Waals surface area (Å²) in [4.78, 5) is 10.5. The van der Waals surface area contributed by atoms with Crippen LogP contribution in [0.25, 0.3) is 6.08 Å². The molecular formula is C16H15ClO4. The lowest BCUT2D eigenvalue weighted by Crippen LogP contribution is -2.04. The lowest BCUT2D eigenvalue weighted by molar-refractivity contribution is -0.136. The van der Waals surface area contributed by atoms with Gasteiger partial charge in [0.2, 0.25) is 0 Å². The summed E-state index contributed by atoms with van der Waals surface area (Å²) in [6.45, 7) is 3.59. The van der Waals surface area contributed by atoms with Crippen LogP contribution in [0, 0.1) is 0 Å². The minimum absolute atomic E-state index is 0.0880. The number of carboxylic acid groups (broad SMARTS) is 1. The van der Waals surface area contributed by atoms with Crippen LogP contribution in [0.1, 0.15) is 16.5 Å². The Labute approximate surface area is 127 Å². The van der Waals surface area contributed by atoms with Gasteiger partial charge in [-0.15, -0.1) is 11.6 Å². The van der Waals surface area contributed by atoms with Crippen molar-refractivity contribution in [1.29, 1.82) is 0 Å². The Bertz CT molecular complexity index is 591. The zero-order valence-corrected chi connectivity index (χ0v) is 11.9. The summed E-state index contributed by atoms with van der Waals surface area (Å²) in [6, 6.07) is 12.8. The van der Waals surface area contributed by atoms with Gasteiger partial charge in [-0.25, -0.2) is 0 Å². The highest BCUT2D eigenvalue weighted by atomic mass is 35.5. The maximum absolute atomic E-state index is 10.5. The maximum atomic E-state index is 10.5. The molecule has 110 valence electrons. The monoisotopic (exact) mass is 306 g/mol. The normalized spacial score (nSPS) is 10.9. The van der Waals surface area contributed by atoms with Crippen LogP contribution < -0.4 is 0 Å². The van der Waals surface area contributed by atoms with Crippen molar-refractivity contribution in [3.05, 3.63) is 66.2 Å². The Balaban J connectivity index is 0.000000235. The molecule has 21 heavy (non-hydrogen) atoms. The molecule has 2 rings (SSSR count). The fraction of sp³-hybridized carbons (Fsp3) is 0.0625. The Kier molecular flexibility index (Phi) is 6.30. The Morgan fingerprint density at radius 1 is 1.10 bits per heavy atom. The van der Waals surface area contributed by atoms with E-state index in [0.29, 0.717) is 5.56 Å². The summed E-state index contributed by atoms with van der Waals surface area (Å²) in [7, 11) is 0. The second kappa shape index (κ2) is 7.97. The third kappa shape index (κ3) is 5.58. The fourth-order valence-electron chi connectivity index (χ4n) is 1.44. The van der Waals surface area contributed by atoms with Crippen LogP contribution in [0.15, 0.2) is 55.1 Å². The molecule has 0 aliphatic rings. The molecule has 0 aliphatic carbocycles. The Hall–Kier alpha value is -2.46. The lowest BCUT2D eigenvalue weighted by atomic mass is 10.1. The van der Waals surface area contributed by atoms with E-state index in [1.807, 2.05) is 0 Å². The minimum Gasteiger partial charge on any atom is -0.508 e. The summed E-state index contributed by atoms with van der Waals surface area (Å²) in [5, 5.41) is 24.9. The number of hydrogen-bond acceptors (Lipinski definition) is 3. The molecule has 0 fully saturated rings. The number of carboxylic acids is 1. The van der Waals surface area contributed by atoms with Crippen LogP contribution in [-0.2, 0) is 4.79 Å². The highest BCUT2D eigenvalue weighted by molar-refractivity contribution is 6.29. The predicted octanol–water partition coefficient (Wildman–Crippen LogP) is 3.79. The van der Waals surface area contributed by atoms with Gasteiger partial charge in [0.1, 0.15) is 11.5 Å². The molecule has 4 nitrogen and oxygen atoms in total. The topological polar surface area (TPSA) is 77.8 Å². The van der Waals surface area contributed by atoms with Crippen molar-refractivity contribution in [3.8, 4) is 11.5 Å². The lowest BCUT2D eigenvalue weighted by Gasteiger charge is -2.03. The van der Waals surface area contributed by atoms with Crippen molar-refractivity contribution in [2.45, 2.75) is 5.38 Å². The van der Waals surface area contributed by atoms with Crippen LogP contribution in [0.3, 0.4) is 0 Å². The first-order valence-corrected chi connectivity index (χ1v) is 6.45. The summed E-state index contributed by atoms with van der Waals surface area (Å²) in [5.41, 5.74) is 1.53. The van der Waals surface area contributed by atoms with E-state index in [2.05, 4.69) is 6.58 Å². The first kappa shape index (κ1) is 16.6. The van der Waals surface area contributed by atoms with Gasteiger partial charge in [0.25, 0.3) is 0 Å². The van der Waals surface area contributed by atoms with E-state index in [9.17, 15) is 4.79 Å². The Morgan fingerprint density at radius 2 is 1.62 bits per heavy atom. The second-order valence-corrected chi connectivity index (χ2v) is 4.53. The SMILES string of the molecule is C=Cc1ccc(C(Cl)C(=O)O)cc1.Oc1cccc(O)c1. The maximum Gasteiger partial charge on any atom is 0.326 e. The number of halogens is 1. The van der Waals surface area contributed by atoms with E-state index in [0.717, 1.165) is 5.56 Å². The molecule has 0 spiro atoms. The molecule has 0 heterocycles. The van der Waals surface area contributed by atoms with E-state index in [1.165, 1.54) is 18.2 Å². The molecule has 0 amide bonds. The largest absolute Gasteiger partial charge is 0.508 e. The zero-order chi connectivity index (χ0) is 15.8. The van der Waals surface area contributed by atoms with Crippen molar-refractivity contribution >= 4 is 23.6 Å². The fourth-order valence-corrected chi connectivity index (χ4v) is 1.58. The van der Waals surface area contributed by atoms with Crippen molar-refractivity contribution < 1.29 is 20.1 Å². The molecule has 2 aromatic rings.